The second-order valence-electron chi connectivity index (χ2n) is 3.14. The number of carbonyl (C=O) groups is 1. The third-order valence-corrected chi connectivity index (χ3v) is 3.02. The van der Waals surface area contributed by atoms with E-state index in [-0.39, 0.29) is 12.6 Å². The summed E-state index contributed by atoms with van der Waals surface area (Å²) in [6, 6.07) is 7.88. The molecule has 0 saturated heterocycles. The lowest BCUT2D eigenvalue weighted by Crippen LogP contribution is -2.09. The van der Waals surface area contributed by atoms with Gasteiger partial charge in [0.1, 0.15) is 11.6 Å². The topological polar surface area (TPSA) is 48.4 Å². The Labute approximate surface area is 96.8 Å². The molecule has 2 aromatic rings. The minimum absolute atomic E-state index is 0.0353. The van der Waals surface area contributed by atoms with Crippen molar-refractivity contribution < 1.29 is 14.3 Å². The van der Waals surface area contributed by atoms with E-state index in [9.17, 15) is 4.79 Å². The van der Waals surface area contributed by atoms with E-state index < -0.39 is 0 Å². The molecule has 0 unspecified atom stereocenters. The van der Waals surface area contributed by atoms with Gasteiger partial charge in [0.2, 0.25) is 0 Å². The monoisotopic (exact) mass is 237 g/mol. The van der Waals surface area contributed by atoms with Crippen LogP contribution in [0.15, 0.2) is 24.3 Å². The lowest BCUT2D eigenvalue weighted by Gasteiger charge is -1.98. The molecule has 1 aromatic carbocycles. The van der Waals surface area contributed by atoms with Crippen LogP contribution in [0.3, 0.4) is 0 Å². The van der Waals surface area contributed by atoms with Crippen molar-refractivity contribution in [3.8, 4) is 0 Å². The number of fused-ring (bicyclic) bond motifs is 1. The Morgan fingerprint density at radius 3 is 3.00 bits per heavy atom. The van der Waals surface area contributed by atoms with Crippen molar-refractivity contribution in [1.82, 2.24) is 4.98 Å². The summed E-state index contributed by atoms with van der Waals surface area (Å²) in [6.07, 6.45) is 0. The lowest BCUT2D eigenvalue weighted by atomic mass is 10.3. The number of rotatable bonds is 4. The van der Waals surface area contributed by atoms with Crippen LogP contribution in [-0.4, -0.2) is 24.7 Å². The van der Waals surface area contributed by atoms with E-state index in [0.717, 1.165) is 15.2 Å². The number of esters is 1. The van der Waals surface area contributed by atoms with Crippen LogP contribution in [0.1, 0.15) is 5.01 Å². The molecule has 0 amide bonds. The highest BCUT2D eigenvalue weighted by Gasteiger charge is 2.05. The predicted octanol–water partition coefficient (Wildman–Crippen LogP) is 1.99. The fraction of sp³-hybridized carbons (Fsp3) is 0.273. The zero-order valence-electron chi connectivity index (χ0n) is 8.80. The number of hydrogen-bond donors (Lipinski definition) is 0. The van der Waals surface area contributed by atoms with Gasteiger partial charge in [-0.3, -0.25) is 0 Å². The van der Waals surface area contributed by atoms with Crippen LogP contribution in [0.4, 0.5) is 0 Å². The first kappa shape index (κ1) is 11.0. The molecule has 16 heavy (non-hydrogen) atoms. The first-order valence-electron chi connectivity index (χ1n) is 4.78. The van der Waals surface area contributed by atoms with Crippen LogP contribution in [-0.2, 0) is 20.9 Å². The van der Waals surface area contributed by atoms with Gasteiger partial charge in [-0.25, -0.2) is 9.78 Å². The quantitative estimate of drug-likeness (QED) is 0.763. The van der Waals surface area contributed by atoms with Gasteiger partial charge in [0, 0.05) is 0 Å². The van der Waals surface area contributed by atoms with E-state index >= 15 is 0 Å². The number of carbonyl (C=O) groups excluding carboxylic acids is 1. The molecule has 0 atom stereocenters. The van der Waals surface area contributed by atoms with Crippen molar-refractivity contribution in [2.75, 3.05) is 13.7 Å². The van der Waals surface area contributed by atoms with Crippen molar-refractivity contribution in [3.63, 3.8) is 0 Å². The van der Waals surface area contributed by atoms with Crippen molar-refractivity contribution >= 4 is 27.5 Å². The fourth-order valence-corrected chi connectivity index (χ4v) is 2.17. The van der Waals surface area contributed by atoms with Crippen molar-refractivity contribution in [2.24, 2.45) is 0 Å². The lowest BCUT2D eigenvalue weighted by molar-refractivity contribution is -0.146. The van der Waals surface area contributed by atoms with Gasteiger partial charge in [-0.05, 0) is 12.1 Å². The zero-order valence-corrected chi connectivity index (χ0v) is 9.62. The molecule has 2 rings (SSSR count). The van der Waals surface area contributed by atoms with Gasteiger partial charge in [0.15, 0.2) is 0 Å². The maximum absolute atomic E-state index is 10.8. The van der Waals surface area contributed by atoms with Gasteiger partial charge in [0.25, 0.3) is 0 Å². The molecule has 1 heterocycles. The van der Waals surface area contributed by atoms with Crippen LogP contribution in [0.5, 0.6) is 0 Å². The summed E-state index contributed by atoms with van der Waals surface area (Å²) >= 11 is 1.57. The van der Waals surface area contributed by atoms with E-state index in [1.807, 2.05) is 24.3 Å². The predicted molar refractivity (Wildman–Crippen MR) is 61.3 cm³/mol. The molecular formula is C11H11NO3S. The molecule has 0 N–H and O–H groups in total. The van der Waals surface area contributed by atoms with Crippen molar-refractivity contribution in [2.45, 2.75) is 6.61 Å². The summed E-state index contributed by atoms with van der Waals surface area (Å²) in [5, 5.41) is 0.866. The molecule has 0 aliphatic carbocycles. The van der Waals surface area contributed by atoms with Crippen LogP contribution in [0, 0.1) is 0 Å². The number of methoxy groups -OCH3 is 1. The maximum atomic E-state index is 10.8. The van der Waals surface area contributed by atoms with Crippen molar-refractivity contribution in [1.29, 1.82) is 0 Å². The minimum Gasteiger partial charge on any atom is -0.467 e. The number of hydrogen-bond acceptors (Lipinski definition) is 5. The van der Waals surface area contributed by atoms with Crippen LogP contribution in [0.2, 0.25) is 0 Å². The SMILES string of the molecule is COC(=O)COCc1nc2ccccc2s1. The molecule has 84 valence electrons. The normalized spacial score (nSPS) is 10.6. The summed E-state index contributed by atoms with van der Waals surface area (Å²) in [6.45, 7) is 0.306. The Morgan fingerprint density at radius 2 is 2.25 bits per heavy atom. The van der Waals surface area contributed by atoms with Crippen LogP contribution >= 0.6 is 11.3 Å². The first-order chi connectivity index (χ1) is 7.79. The number of ether oxygens (including phenoxy) is 2. The highest BCUT2D eigenvalue weighted by molar-refractivity contribution is 7.18. The molecule has 0 spiro atoms. The summed E-state index contributed by atoms with van der Waals surface area (Å²) in [5.74, 6) is -0.374. The Bertz CT molecular complexity index is 462. The average molecular weight is 237 g/mol. The van der Waals surface area contributed by atoms with Crippen LogP contribution in [0.25, 0.3) is 10.2 Å². The molecule has 5 heteroatoms. The summed E-state index contributed by atoms with van der Waals surface area (Å²) < 4.78 is 10.8. The Balaban J connectivity index is 1.97. The molecule has 0 saturated carbocycles. The van der Waals surface area contributed by atoms with Gasteiger partial charge >= 0.3 is 5.97 Å². The fourth-order valence-electron chi connectivity index (χ4n) is 1.26. The second-order valence-corrected chi connectivity index (χ2v) is 4.26. The van der Waals surface area contributed by atoms with E-state index in [1.54, 1.807) is 11.3 Å². The van der Waals surface area contributed by atoms with Gasteiger partial charge < -0.3 is 9.47 Å². The number of nitrogens with zero attached hydrogens (tertiary/aromatic N) is 1. The molecule has 0 fully saturated rings. The molecule has 0 radical (unpaired) electrons. The van der Waals surface area contributed by atoms with E-state index in [1.165, 1.54) is 7.11 Å². The van der Waals surface area contributed by atoms with Gasteiger partial charge in [0.05, 0.1) is 23.9 Å². The largest absolute Gasteiger partial charge is 0.467 e. The number of benzene rings is 1. The van der Waals surface area contributed by atoms with Gasteiger partial charge in [-0.1, -0.05) is 12.1 Å². The van der Waals surface area contributed by atoms with E-state index in [2.05, 4.69) is 9.72 Å². The van der Waals surface area contributed by atoms with Crippen molar-refractivity contribution in [3.05, 3.63) is 29.3 Å². The Hall–Kier alpha value is -1.46. The molecule has 0 aliphatic rings. The Kier molecular flexibility index (Phi) is 3.48. The minimum atomic E-state index is -0.374. The molecule has 0 bridgehead atoms. The maximum Gasteiger partial charge on any atom is 0.331 e. The van der Waals surface area contributed by atoms with E-state index in [0.29, 0.717) is 6.61 Å². The summed E-state index contributed by atoms with van der Waals surface area (Å²) in [4.78, 5) is 15.2. The summed E-state index contributed by atoms with van der Waals surface area (Å²) in [7, 11) is 1.34. The number of para-hydroxylation sites is 1. The highest BCUT2D eigenvalue weighted by atomic mass is 32.1. The van der Waals surface area contributed by atoms with Gasteiger partial charge in [-0.15, -0.1) is 11.3 Å². The second kappa shape index (κ2) is 5.05. The molecule has 0 aliphatic heterocycles. The third kappa shape index (κ3) is 2.56. The molecule has 4 nitrogen and oxygen atoms in total. The van der Waals surface area contributed by atoms with Gasteiger partial charge in [-0.2, -0.15) is 0 Å². The first-order valence-corrected chi connectivity index (χ1v) is 5.60. The van der Waals surface area contributed by atoms with Crippen LogP contribution < -0.4 is 0 Å². The third-order valence-electron chi connectivity index (χ3n) is 2.01. The number of aromatic nitrogens is 1. The standard InChI is InChI=1S/C11H11NO3S/c1-14-11(13)7-15-6-10-12-8-4-2-3-5-9(8)16-10/h2-5H,6-7H2,1H3. The Morgan fingerprint density at radius 1 is 1.44 bits per heavy atom. The molecule has 1 aromatic heterocycles. The molecular weight excluding hydrogens is 226 g/mol. The van der Waals surface area contributed by atoms with E-state index in [4.69, 9.17) is 4.74 Å². The highest BCUT2D eigenvalue weighted by Crippen LogP contribution is 2.21. The number of thiazole rings is 1. The average Bonchev–Trinajstić information content (AvgIpc) is 2.71. The zero-order chi connectivity index (χ0) is 11.4. The smallest absolute Gasteiger partial charge is 0.331 e. The summed E-state index contributed by atoms with van der Waals surface area (Å²) in [5.41, 5.74) is 0.962.